The van der Waals surface area contributed by atoms with E-state index in [1.165, 1.54) is 20.9 Å². The second kappa shape index (κ2) is 6.37. The second-order valence-electron chi connectivity index (χ2n) is 6.11. The molecule has 0 spiro atoms. The van der Waals surface area contributed by atoms with Gasteiger partial charge in [0.1, 0.15) is 0 Å². The molecule has 1 N–H and O–H groups in total. The highest BCUT2D eigenvalue weighted by Crippen LogP contribution is 2.37. The van der Waals surface area contributed by atoms with E-state index in [2.05, 4.69) is 33.8 Å². The van der Waals surface area contributed by atoms with E-state index in [0.29, 0.717) is 13.1 Å². The molecule has 2 aliphatic heterocycles. The van der Waals surface area contributed by atoms with Gasteiger partial charge in [-0.15, -0.1) is 11.3 Å². The van der Waals surface area contributed by atoms with Crippen molar-refractivity contribution in [3.8, 4) is 0 Å². The summed E-state index contributed by atoms with van der Waals surface area (Å²) in [6.07, 6.45) is 0.954. The monoisotopic (exact) mass is 341 g/mol. The highest BCUT2D eigenvalue weighted by atomic mass is 32.1. The molecular weight excluding hydrogens is 322 g/mol. The van der Waals surface area contributed by atoms with Crippen LogP contribution >= 0.6 is 11.3 Å². The molecule has 2 aromatic rings. The minimum Gasteiger partial charge on any atom is -0.336 e. The predicted molar refractivity (Wildman–Crippen MR) is 93.0 cm³/mol. The zero-order valence-electron chi connectivity index (χ0n) is 13.3. The van der Waals surface area contributed by atoms with Crippen LogP contribution in [0.15, 0.2) is 41.8 Å². The Balaban J connectivity index is 1.62. The molecule has 1 aromatic carbocycles. The fraction of sp³-hybridized carbons (Fsp3) is 0.333. The third-order valence-corrected chi connectivity index (χ3v) is 5.67. The minimum absolute atomic E-state index is 0.0795. The summed E-state index contributed by atoms with van der Waals surface area (Å²) >= 11 is 1.78. The van der Waals surface area contributed by atoms with Gasteiger partial charge in [0.2, 0.25) is 5.91 Å². The van der Waals surface area contributed by atoms with Gasteiger partial charge >= 0.3 is 6.03 Å². The first-order valence-electron chi connectivity index (χ1n) is 8.17. The maximum absolute atomic E-state index is 12.6. The molecule has 3 heterocycles. The number of amides is 3. The Morgan fingerprint density at radius 1 is 1.21 bits per heavy atom. The maximum atomic E-state index is 12.6. The fourth-order valence-corrected chi connectivity index (χ4v) is 4.44. The maximum Gasteiger partial charge on any atom is 0.324 e. The Bertz CT molecular complexity index is 759. The van der Waals surface area contributed by atoms with Gasteiger partial charge in [-0.05, 0) is 29.0 Å². The van der Waals surface area contributed by atoms with E-state index < -0.39 is 0 Å². The van der Waals surface area contributed by atoms with Gasteiger partial charge in [0, 0.05) is 24.5 Å². The molecule has 124 valence electrons. The van der Waals surface area contributed by atoms with Crippen LogP contribution in [0.3, 0.4) is 0 Å². The van der Waals surface area contributed by atoms with Crippen LogP contribution in [-0.2, 0) is 11.2 Å². The van der Waals surface area contributed by atoms with Gasteiger partial charge in [-0.1, -0.05) is 30.3 Å². The number of nitrogens with zero attached hydrogens (tertiary/aromatic N) is 2. The lowest BCUT2D eigenvalue weighted by molar-refractivity contribution is -0.129. The number of urea groups is 1. The van der Waals surface area contributed by atoms with E-state index in [1.807, 2.05) is 18.2 Å². The molecule has 0 radical (unpaired) electrons. The van der Waals surface area contributed by atoms with Crippen LogP contribution in [0.5, 0.6) is 0 Å². The van der Waals surface area contributed by atoms with Crippen molar-refractivity contribution in [1.82, 2.24) is 15.1 Å². The summed E-state index contributed by atoms with van der Waals surface area (Å²) in [6.45, 7) is 2.10. The molecule has 1 aromatic heterocycles. The van der Waals surface area contributed by atoms with E-state index >= 15 is 0 Å². The molecule has 0 saturated carbocycles. The average molecular weight is 341 g/mol. The molecule has 24 heavy (non-hydrogen) atoms. The van der Waals surface area contributed by atoms with Crippen LogP contribution in [0.1, 0.15) is 22.0 Å². The van der Waals surface area contributed by atoms with Crippen LogP contribution < -0.4 is 5.32 Å². The molecule has 2 aliphatic rings. The van der Waals surface area contributed by atoms with Gasteiger partial charge in [0.05, 0.1) is 12.6 Å². The molecule has 1 fully saturated rings. The minimum atomic E-state index is -0.274. The molecule has 0 unspecified atom stereocenters. The van der Waals surface area contributed by atoms with E-state index in [0.717, 1.165) is 13.0 Å². The van der Waals surface area contributed by atoms with Crippen molar-refractivity contribution in [2.75, 3.05) is 26.2 Å². The summed E-state index contributed by atoms with van der Waals surface area (Å²) in [6, 6.07) is 12.3. The van der Waals surface area contributed by atoms with Crippen molar-refractivity contribution in [2.45, 2.75) is 12.5 Å². The topological polar surface area (TPSA) is 52.7 Å². The largest absolute Gasteiger partial charge is 0.336 e. The lowest BCUT2D eigenvalue weighted by Gasteiger charge is -2.36. The van der Waals surface area contributed by atoms with Crippen molar-refractivity contribution >= 4 is 23.3 Å². The summed E-state index contributed by atoms with van der Waals surface area (Å²) < 4.78 is 0. The highest BCUT2D eigenvalue weighted by Gasteiger charge is 2.33. The second-order valence-corrected chi connectivity index (χ2v) is 7.11. The Labute approximate surface area is 144 Å². The standard InChI is InChI=1S/C18H19N3O2S/c22-16(21-10-8-19-18(21)23)12-20-9-6-15-14(7-11-24-15)17(20)13-4-2-1-3-5-13/h1-5,7,11,17H,6,8-10,12H2,(H,19,23)/t17-/m0/s1. The molecule has 1 atom stereocenters. The number of rotatable bonds is 3. The summed E-state index contributed by atoms with van der Waals surface area (Å²) in [7, 11) is 0. The first-order chi connectivity index (χ1) is 11.7. The number of fused-ring (bicyclic) bond motifs is 1. The van der Waals surface area contributed by atoms with E-state index in [4.69, 9.17) is 0 Å². The number of carbonyl (C=O) groups excluding carboxylic acids is 2. The number of imide groups is 1. The van der Waals surface area contributed by atoms with Crippen molar-refractivity contribution in [3.05, 3.63) is 57.8 Å². The van der Waals surface area contributed by atoms with Gasteiger partial charge in [-0.3, -0.25) is 14.6 Å². The molecule has 3 amide bonds. The number of thiophene rings is 1. The number of nitrogens with one attached hydrogen (secondary N) is 1. The van der Waals surface area contributed by atoms with Crippen LogP contribution in [-0.4, -0.2) is 47.9 Å². The number of hydrogen-bond donors (Lipinski definition) is 1. The Morgan fingerprint density at radius 3 is 2.79 bits per heavy atom. The molecule has 6 heteroatoms. The summed E-state index contributed by atoms with van der Waals surface area (Å²) in [5, 5.41) is 4.82. The number of carbonyl (C=O) groups is 2. The molecule has 4 rings (SSSR count). The fourth-order valence-electron chi connectivity index (χ4n) is 3.53. The van der Waals surface area contributed by atoms with Crippen LogP contribution in [0.25, 0.3) is 0 Å². The van der Waals surface area contributed by atoms with Crippen LogP contribution in [0.4, 0.5) is 4.79 Å². The lowest BCUT2D eigenvalue weighted by atomic mass is 9.93. The number of benzene rings is 1. The van der Waals surface area contributed by atoms with Gasteiger partial charge in [0.15, 0.2) is 0 Å². The SMILES string of the molecule is O=C(CN1CCc2sccc2[C@@H]1c1ccccc1)N1CCNC1=O. The summed E-state index contributed by atoms with van der Waals surface area (Å²) in [4.78, 5) is 29.2. The third kappa shape index (κ3) is 2.72. The Kier molecular flexibility index (Phi) is 4.08. The molecule has 5 nitrogen and oxygen atoms in total. The molecule has 1 saturated heterocycles. The van der Waals surface area contributed by atoms with Crippen molar-refractivity contribution in [2.24, 2.45) is 0 Å². The van der Waals surface area contributed by atoms with E-state index in [9.17, 15) is 9.59 Å². The zero-order chi connectivity index (χ0) is 16.5. The quantitative estimate of drug-likeness (QED) is 0.932. The Morgan fingerprint density at radius 2 is 2.04 bits per heavy atom. The average Bonchev–Trinajstić information content (AvgIpc) is 3.24. The van der Waals surface area contributed by atoms with Gasteiger partial charge < -0.3 is 5.32 Å². The van der Waals surface area contributed by atoms with Gasteiger partial charge in [0.25, 0.3) is 0 Å². The zero-order valence-corrected chi connectivity index (χ0v) is 14.1. The van der Waals surface area contributed by atoms with E-state index in [1.54, 1.807) is 11.3 Å². The van der Waals surface area contributed by atoms with Crippen molar-refractivity contribution < 1.29 is 9.59 Å². The third-order valence-electron chi connectivity index (χ3n) is 4.68. The first-order valence-corrected chi connectivity index (χ1v) is 9.05. The van der Waals surface area contributed by atoms with Crippen LogP contribution in [0, 0.1) is 0 Å². The first kappa shape index (κ1) is 15.4. The molecule has 0 aliphatic carbocycles. The van der Waals surface area contributed by atoms with Crippen molar-refractivity contribution in [3.63, 3.8) is 0 Å². The van der Waals surface area contributed by atoms with Crippen LogP contribution in [0.2, 0.25) is 0 Å². The summed E-state index contributed by atoms with van der Waals surface area (Å²) in [5.41, 5.74) is 2.48. The molecule has 0 bridgehead atoms. The predicted octanol–water partition coefficient (Wildman–Crippen LogP) is 2.25. The smallest absolute Gasteiger partial charge is 0.324 e. The van der Waals surface area contributed by atoms with Gasteiger partial charge in [-0.25, -0.2) is 4.79 Å². The number of hydrogen-bond acceptors (Lipinski definition) is 4. The van der Waals surface area contributed by atoms with Crippen molar-refractivity contribution in [1.29, 1.82) is 0 Å². The van der Waals surface area contributed by atoms with Gasteiger partial charge in [-0.2, -0.15) is 0 Å². The normalized spacial score (nSPS) is 20.8. The highest BCUT2D eigenvalue weighted by molar-refractivity contribution is 7.10. The lowest BCUT2D eigenvalue weighted by Crippen LogP contribution is -2.45. The molecular formula is C18H19N3O2S. The Hall–Kier alpha value is -2.18. The summed E-state index contributed by atoms with van der Waals surface area (Å²) in [5.74, 6) is -0.121. The van der Waals surface area contributed by atoms with E-state index in [-0.39, 0.29) is 24.5 Å².